The summed E-state index contributed by atoms with van der Waals surface area (Å²) >= 11 is 5.74. The van der Waals surface area contributed by atoms with Gasteiger partial charge in [0.25, 0.3) is 5.56 Å². The van der Waals surface area contributed by atoms with Gasteiger partial charge in [-0.1, -0.05) is 17.7 Å². The van der Waals surface area contributed by atoms with Gasteiger partial charge in [-0.15, -0.1) is 0 Å². The van der Waals surface area contributed by atoms with Gasteiger partial charge in [0.05, 0.1) is 18.6 Å². The van der Waals surface area contributed by atoms with E-state index in [0.29, 0.717) is 11.7 Å². The van der Waals surface area contributed by atoms with Crippen molar-refractivity contribution >= 4 is 11.6 Å². The van der Waals surface area contributed by atoms with E-state index in [9.17, 15) is 4.79 Å². The zero-order chi connectivity index (χ0) is 10.7. The van der Waals surface area contributed by atoms with E-state index in [-0.39, 0.29) is 5.56 Å². The first kappa shape index (κ1) is 9.86. The Morgan fingerprint density at radius 3 is 2.93 bits per heavy atom. The molecule has 0 saturated heterocycles. The van der Waals surface area contributed by atoms with Crippen molar-refractivity contribution < 1.29 is 0 Å². The number of nitrogens with zero attached hydrogens (tertiary/aromatic N) is 3. The molecule has 0 spiro atoms. The quantitative estimate of drug-likeness (QED) is 0.719. The molecule has 0 amide bonds. The van der Waals surface area contributed by atoms with Crippen LogP contribution in [0.3, 0.4) is 0 Å². The van der Waals surface area contributed by atoms with Crippen molar-refractivity contribution in [3.8, 4) is 0 Å². The summed E-state index contributed by atoms with van der Waals surface area (Å²) in [5, 5.41) is 0.421. The molecule has 15 heavy (non-hydrogen) atoms. The smallest absolute Gasteiger partial charge is 0.253 e. The topological polar surface area (TPSA) is 47.8 Å². The lowest BCUT2D eigenvalue weighted by molar-refractivity contribution is 0.719. The minimum atomic E-state index is -0.105. The molecule has 0 aliphatic rings. The van der Waals surface area contributed by atoms with Gasteiger partial charge in [0.1, 0.15) is 5.15 Å². The van der Waals surface area contributed by atoms with Crippen molar-refractivity contribution in [1.82, 2.24) is 14.5 Å². The van der Waals surface area contributed by atoms with Crippen molar-refractivity contribution in [2.24, 2.45) is 0 Å². The maximum atomic E-state index is 11.4. The Hall–Kier alpha value is -1.68. The Bertz CT molecular complexity index is 524. The summed E-state index contributed by atoms with van der Waals surface area (Å²) in [4.78, 5) is 19.3. The van der Waals surface area contributed by atoms with Crippen molar-refractivity contribution in [3.05, 3.63) is 58.0 Å². The fourth-order valence-corrected chi connectivity index (χ4v) is 1.39. The van der Waals surface area contributed by atoms with Crippen LogP contribution >= 0.6 is 11.6 Å². The van der Waals surface area contributed by atoms with Crippen LogP contribution in [-0.4, -0.2) is 14.5 Å². The van der Waals surface area contributed by atoms with Crippen molar-refractivity contribution in [2.45, 2.75) is 6.54 Å². The molecule has 0 aromatic carbocycles. The lowest BCUT2D eigenvalue weighted by Gasteiger charge is -2.03. The standard InChI is InChI=1S/C10H8ClN3O/c11-9-3-1-2-8(13-9)6-14-7-12-5-4-10(14)15/h1-5,7H,6H2. The van der Waals surface area contributed by atoms with Gasteiger partial charge in [-0.25, -0.2) is 9.97 Å². The van der Waals surface area contributed by atoms with E-state index in [1.54, 1.807) is 12.1 Å². The van der Waals surface area contributed by atoms with Crippen LogP contribution in [0.1, 0.15) is 5.69 Å². The van der Waals surface area contributed by atoms with Crippen LogP contribution in [-0.2, 0) is 6.54 Å². The largest absolute Gasteiger partial charge is 0.293 e. The highest BCUT2D eigenvalue weighted by Gasteiger charge is 1.99. The van der Waals surface area contributed by atoms with Crippen LogP contribution in [0.25, 0.3) is 0 Å². The zero-order valence-electron chi connectivity index (χ0n) is 7.80. The highest BCUT2D eigenvalue weighted by molar-refractivity contribution is 6.29. The molecule has 5 heteroatoms. The summed E-state index contributed by atoms with van der Waals surface area (Å²) in [6.45, 7) is 0.382. The highest BCUT2D eigenvalue weighted by Crippen LogP contribution is 2.05. The van der Waals surface area contributed by atoms with Gasteiger partial charge in [0.15, 0.2) is 0 Å². The average molecular weight is 222 g/mol. The molecule has 0 fully saturated rings. The predicted molar refractivity (Wildman–Crippen MR) is 56.8 cm³/mol. The van der Waals surface area contributed by atoms with Gasteiger partial charge < -0.3 is 0 Å². The van der Waals surface area contributed by atoms with Crippen LogP contribution in [0.4, 0.5) is 0 Å². The van der Waals surface area contributed by atoms with E-state index in [0.717, 1.165) is 5.69 Å². The summed E-state index contributed by atoms with van der Waals surface area (Å²) in [7, 11) is 0. The Morgan fingerprint density at radius 2 is 2.20 bits per heavy atom. The molecule has 0 unspecified atom stereocenters. The molecule has 2 heterocycles. The number of aromatic nitrogens is 3. The maximum absolute atomic E-state index is 11.4. The van der Waals surface area contributed by atoms with Gasteiger partial charge in [-0.3, -0.25) is 9.36 Å². The third-order valence-electron chi connectivity index (χ3n) is 1.90. The molecule has 0 atom stereocenters. The second kappa shape index (κ2) is 4.23. The Balaban J connectivity index is 2.30. The second-order valence-electron chi connectivity index (χ2n) is 3.00. The summed E-state index contributed by atoms with van der Waals surface area (Å²) in [5.74, 6) is 0. The van der Waals surface area contributed by atoms with Crippen LogP contribution in [0, 0.1) is 0 Å². The highest BCUT2D eigenvalue weighted by atomic mass is 35.5. The Morgan fingerprint density at radius 1 is 1.33 bits per heavy atom. The number of rotatable bonds is 2. The third-order valence-corrected chi connectivity index (χ3v) is 2.11. The summed E-state index contributed by atoms with van der Waals surface area (Å²) in [6.07, 6.45) is 2.94. The zero-order valence-corrected chi connectivity index (χ0v) is 8.55. The molecular formula is C10H8ClN3O. The lowest BCUT2D eigenvalue weighted by atomic mass is 10.3. The summed E-state index contributed by atoms with van der Waals surface area (Å²) in [6, 6.07) is 6.71. The molecule has 0 radical (unpaired) electrons. The van der Waals surface area contributed by atoms with Crippen molar-refractivity contribution in [3.63, 3.8) is 0 Å². The molecule has 76 valence electrons. The van der Waals surface area contributed by atoms with Crippen LogP contribution < -0.4 is 5.56 Å². The van der Waals surface area contributed by atoms with Crippen LogP contribution in [0.2, 0.25) is 5.15 Å². The molecule has 2 aromatic heterocycles. The molecule has 0 aliphatic carbocycles. The minimum absolute atomic E-state index is 0.105. The van der Waals surface area contributed by atoms with E-state index < -0.39 is 0 Å². The molecule has 2 aromatic rings. The third kappa shape index (κ3) is 2.41. The van der Waals surface area contributed by atoms with Crippen molar-refractivity contribution in [1.29, 1.82) is 0 Å². The van der Waals surface area contributed by atoms with Gasteiger partial charge in [0, 0.05) is 12.3 Å². The monoisotopic (exact) mass is 221 g/mol. The predicted octanol–water partition coefficient (Wildman–Crippen LogP) is 1.34. The van der Waals surface area contributed by atoms with Crippen molar-refractivity contribution in [2.75, 3.05) is 0 Å². The lowest BCUT2D eigenvalue weighted by Crippen LogP contribution is -2.19. The van der Waals surface area contributed by atoms with E-state index in [1.807, 2.05) is 6.07 Å². The minimum Gasteiger partial charge on any atom is -0.293 e. The van der Waals surface area contributed by atoms with Crippen LogP contribution in [0.5, 0.6) is 0 Å². The maximum Gasteiger partial charge on any atom is 0.253 e. The molecule has 0 N–H and O–H groups in total. The molecule has 2 rings (SSSR count). The van der Waals surface area contributed by atoms with Gasteiger partial charge in [0.2, 0.25) is 0 Å². The molecule has 4 nitrogen and oxygen atoms in total. The first-order valence-electron chi connectivity index (χ1n) is 4.37. The van der Waals surface area contributed by atoms with E-state index in [4.69, 9.17) is 11.6 Å². The number of pyridine rings is 1. The number of hydrogen-bond donors (Lipinski definition) is 0. The molecular weight excluding hydrogens is 214 g/mol. The number of halogens is 1. The van der Waals surface area contributed by atoms with Gasteiger partial charge >= 0.3 is 0 Å². The fourth-order valence-electron chi connectivity index (χ4n) is 1.21. The summed E-state index contributed by atoms with van der Waals surface area (Å²) < 4.78 is 1.47. The van der Waals surface area contributed by atoms with E-state index >= 15 is 0 Å². The summed E-state index contributed by atoms with van der Waals surface area (Å²) in [5.41, 5.74) is 0.629. The SMILES string of the molecule is O=c1ccncn1Cc1cccc(Cl)n1. The Kier molecular flexibility index (Phi) is 2.78. The first-order valence-corrected chi connectivity index (χ1v) is 4.75. The first-order chi connectivity index (χ1) is 7.25. The Labute approximate surface area is 91.2 Å². The average Bonchev–Trinajstić information content (AvgIpc) is 2.22. The second-order valence-corrected chi connectivity index (χ2v) is 3.39. The van der Waals surface area contributed by atoms with E-state index in [1.165, 1.54) is 23.2 Å². The fraction of sp³-hybridized carbons (Fsp3) is 0.100. The number of hydrogen-bond acceptors (Lipinski definition) is 3. The molecule has 0 saturated carbocycles. The van der Waals surface area contributed by atoms with Gasteiger partial charge in [-0.05, 0) is 12.1 Å². The normalized spacial score (nSPS) is 10.2. The van der Waals surface area contributed by atoms with E-state index in [2.05, 4.69) is 9.97 Å². The molecule has 0 bridgehead atoms. The molecule has 0 aliphatic heterocycles. The van der Waals surface area contributed by atoms with Gasteiger partial charge in [-0.2, -0.15) is 0 Å². The van der Waals surface area contributed by atoms with Crippen LogP contribution in [0.15, 0.2) is 41.6 Å².